The van der Waals surface area contributed by atoms with Crippen molar-refractivity contribution in [1.29, 1.82) is 5.26 Å². The van der Waals surface area contributed by atoms with Gasteiger partial charge in [-0.25, -0.2) is 4.39 Å². The molecule has 0 spiro atoms. The molecule has 0 aromatic heterocycles. The van der Waals surface area contributed by atoms with Gasteiger partial charge >= 0.3 is 0 Å². The van der Waals surface area contributed by atoms with Crippen molar-refractivity contribution in [2.45, 2.75) is 0 Å². The van der Waals surface area contributed by atoms with Crippen molar-refractivity contribution < 1.29 is 9.50 Å². The summed E-state index contributed by atoms with van der Waals surface area (Å²) >= 11 is 0. The number of rotatable bonds is 0. The van der Waals surface area contributed by atoms with Crippen LogP contribution >= 0.6 is 0 Å². The fourth-order valence-electron chi connectivity index (χ4n) is 1.39. The molecule has 1 N–H and O–H groups in total. The third kappa shape index (κ3) is 1.17. The van der Waals surface area contributed by atoms with Crippen molar-refractivity contribution in [3.63, 3.8) is 0 Å². The first kappa shape index (κ1) is 8.52. The number of nitrogens with zero attached hydrogens (tertiary/aromatic N) is 1. The molecule has 14 heavy (non-hydrogen) atoms. The van der Waals surface area contributed by atoms with Crippen LogP contribution in [0.25, 0.3) is 10.8 Å². The van der Waals surface area contributed by atoms with Crippen LogP contribution in [0.1, 0.15) is 5.56 Å². The monoisotopic (exact) mass is 187 g/mol. The highest BCUT2D eigenvalue weighted by atomic mass is 19.1. The molecule has 0 heterocycles. The Bertz CT molecular complexity index is 543. The Morgan fingerprint density at radius 2 is 2.00 bits per heavy atom. The van der Waals surface area contributed by atoms with Crippen molar-refractivity contribution in [1.82, 2.24) is 0 Å². The van der Waals surface area contributed by atoms with Gasteiger partial charge in [0.1, 0.15) is 11.6 Å². The molecule has 0 unspecified atom stereocenters. The van der Waals surface area contributed by atoms with Gasteiger partial charge in [-0.3, -0.25) is 0 Å². The van der Waals surface area contributed by atoms with Gasteiger partial charge in [-0.1, -0.05) is 12.1 Å². The molecule has 0 radical (unpaired) electrons. The zero-order valence-electron chi connectivity index (χ0n) is 7.16. The van der Waals surface area contributed by atoms with Gasteiger partial charge in [-0.2, -0.15) is 5.26 Å². The molecule has 2 aromatic rings. The summed E-state index contributed by atoms with van der Waals surface area (Å²) in [5.41, 5.74) is 0.250. The molecule has 0 atom stereocenters. The Kier molecular flexibility index (Phi) is 1.83. The van der Waals surface area contributed by atoms with Crippen LogP contribution < -0.4 is 0 Å². The van der Waals surface area contributed by atoms with Crippen molar-refractivity contribution >= 4 is 10.8 Å². The second kappa shape index (κ2) is 3.00. The molecule has 0 aliphatic rings. The van der Waals surface area contributed by atoms with Crippen molar-refractivity contribution in [3.05, 3.63) is 41.7 Å². The summed E-state index contributed by atoms with van der Waals surface area (Å²) in [6.07, 6.45) is 0. The summed E-state index contributed by atoms with van der Waals surface area (Å²) in [5, 5.41) is 18.8. The number of hydrogen-bond donors (Lipinski definition) is 1. The Hall–Kier alpha value is -2.08. The van der Waals surface area contributed by atoms with E-state index < -0.39 is 5.82 Å². The first-order valence-electron chi connectivity index (χ1n) is 4.03. The molecule has 0 saturated heterocycles. The van der Waals surface area contributed by atoms with Crippen molar-refractivity contribution in [2.75, 3.05) is 0 Å². The predicted molar refractivity (Wildman–Crippen MR) is 50.3 cm³/mol. The molecular weight excluding hydrogens is 181 g/mol. The lowest BCUT2D eigenvalue weighted by Crippen LogP contribution is -1.82. The Morgan fingerprint density at radius 3 is 2.71 bits per heavy atom. The van der Waals surface area contributed by atoms with Crippen LogP contribution in [0.15, 0.2) is 30.3 Å². The zero-order chi connectivity index (χ0) is 10.1. The lowest BCUT2D eigenvalue weighted by molar-refractivity contribution is 0.481. The third-order valence-electron chi connectivity index (χ3n) is 2.05. The molecule has 0 bridgehead atoms. The van der Waals surface area contributed by atoms with E-state index in [0.29, 0.717) is 5.39 Å². The highest BCUT2D eigenvalue weighted by Crippen LogP contribution is 2.27. The summed E-state index contributed by atoms with van der Waals surface area (Å²) in [6.45, 7) is 0. The van der Waals surface area contributed by atoms with E-state index >= 15 is 0 Å². The summed E-state index contributed by atoms with van der Waals surface area (Å²) in [7, 11) is 0. The van der Waals surface area contributed by atoms with Crippen LogP contribution in [-0.4, -0.2) is 5.11 Å². The molecule has 0 saturated carbocycles. The number of nitriles is 1. The smallest absolute Gasteiger partial charge is 0.131 e. The maximum Gasteiger partial charge on any atom is 0.131 e. The van der Waals surface area contributed by atoms with E-state index in [1.54, 1.807) is 6.07 Å². The molecule has 0 amide bonds. The van der Waals surface area contributed by atoms with E-state index in [4.69, 9.17) is 5.26 Å². The molecule has 3 heteroatoms. The quantitative estimate of drug-likeness (QED) is 0.688. The van der Waals surface area contributed by atoms with Gasteiger partial charge in [0, 0.05) is 10.8 Å². The van der Waals surface area contributed by atoms with Crippen LogP contribution in [0, 0.1) is 17.1 Å². The average molecular weight is 187 g/mol. The minimum atomic E-state index is -0.435. The molecular formula is C11H6FNO. The molecule has 0 fully saturated rings. The van der Waals surface area contributed by atoms with Crippen LogP contribution in [0.2, 0.25) is 0 Å². The van der Waals surface area contributed by atoms with E-state index in [9.17, 15) is 9.50 Å². The van der Waals surface area contributed by atoms with Gasteiger partial charge in [-0.05, 0) is 18.2 Å². The Morgan fingerprint density at radius 1 is 1.21 bits per heavy atom. The van der Waals surface area contributed by atoms with Crippen LogP contribution in [-0.2, 0) is 0 Å². The highest BCUT2D eigenvalue weighted by Gasteiger charge is 2.05. The van der Waals surface area contributed by atoms with Crippen LogP contribution in [0.4, 0.5) is 4.39 Å². The number of phenols is 1. The van der Waals surface area contributed by atoms with Gasteiger partial charge in [-0.15, -0.1) is 0 Å². The fraction of sp³-hybridized carbons (Fsp3) is 0. The summed E-state index contributed by atoms with van der Waals surface area (Å²) in [5.74, 6) is -0.506. The number of aromatic hydroxyl groups is 1. The van der Waals surface area contributed by atoms with Gasteiger partial charge in [0.25, 0.3) is 0 Å². The number of benzene rings is 2. The SMILES string of the molecule is N#Cc1cc(O)c2cccc(F)c2c1. The van der Waals surface area contributed by atoms with E-state index in [-0.39, 0.29) is 16.7 Å². The van der Waals surface area contributed by atoms with Gasteiger partial charge in [0.15, 0.2) is 0 Å². The number of halogens is 1. The second-order valence-electron chi connectivity index (χ2n) is 2.94. The second-order valence-corrected chi connectivity index (χ2v) is 2.94. The maximum atomic E-state index is 13.3. The lowest BCUT2D eigenvalue weighted by Gasteiger charge is -2.02. The largest absolute Gasteiger partial charge is 0.507 e. The van der Waals surface area contributed by atoms with Crippen molar-refractivity contribution in [2.24, 2.45) is 0 Å². The number of hydrogen-bond acceptors (Lipinski definition) is 2. The Balaban J connectivity index is 2.92. The normalized spacial score (nSPS) is 10.0. The summed E-state index contributed by atoms with van der Waals surface area (Å²) in [6, 6.07) is 9.02. The van der Waals surface area contributed by atoms with E-state index in [1.807, 2.05) is 6.07 Å². The summed E-state index contributed by atoms with van der Waals surface area (Å²) < 4.78 is 13.3. The van der Waals surface area contributed by atoms with E-state index in [0.717, 1.165) is 0 Å². The standard InChI is InChI=1S/C11H6FNO/c12-10-3-1-2-8-9(10)4-7(6-13)5-11(8)14/h1-5,14H. The molecule has 2 aromatic carbocycles. The van der Waals surface area contributed by atoms with Gasteiger partial charge in [0.05, 0.1) is 11.6 Å². The minimum absolute atomic E-state index is 0.0708. The fourth-order valence-corrected chi connectivity index (χ4v) is 1.39. The van der Waals surface area contributed by atoms with Crippen molar-refractivity contribution in [3.8, 4) is 11.8 Å². The Labute approximate surface area is 79.8 Å². The van der Waals surface area contributed by atoms with E-state index in [1.165, 1.54) is 24.3 Å². The zero-order valence-corrected chi connectivity index (χ0v) is 7.16. The van der Waals surface area contributed by atoms with Crippen LogP contribution in [0.3, 0.4) is 0 Å². The van der Waals surface area contributed by atoms with Gasteiger partial charge in [0.2, 0.25) is 0 Å². The lowest BCUT2D eigenvalue weighted by atomic mass is 10.1. The molecule has 68 valence electrons. The first-order chi connectivity index (χ1) is 6.72. The molecule has 2 nitrogen and oxygen atoms in total. The summed E-state index contributed by atoms with van der Waals surface area (Å²) in [4.78, 5) is 0. The van der Waals surface area contributed by atoms with E-state index in [2.05, 4.69) is 0 Å². The first-order valence-corrected chi connectivity index (χ1v) is 4.03. The molecule has 2 rings (SSSR count). The minimum Gasteiger partial charge on any atom is -0.507 e. The number of phenolic OH excluding ortho intramolecular Hbond substituents is 1. The highest BCUT2D eigenvalue weighted by molar-refractivity contribution is 5.89. The molecule has 0 aliphatic heterocycles. The average Bonchev–Trinajstić information content (AvgIpc) is 2.19. The number of fused-ring (bicyclic) bond motifs is 1. The van der Waals surface area contributed by atoms with Crippen LogP contribution in [0.5, 0.6) is 5.75 Å². The maximum absolute atomic E-state index is 13.3. The topological polar surface area (TPSA) is 44.0 Å². The molecule has 0 aliphatic carbocycles. The van der Waals surface area contributed by atoms with Gasteiger partial charge < -0.3 is 5.11 Å². The third-order valence-corrected chi connectivity index (χ3v) is 2.05. The predicted octanol–water partition coefficient (Wildman–Crippen LogP) is 2.56.